The maximum atomic E-state index is 12.1. The van der Waals surface area contributed by atoms with Gasteiger partial charge in [-0.15, -0.1) is 5.10 Å². The molecule has 1 aromatic heterocycles. The third-order valence-electron chi connectivity index (χ3n) is 3.03. The van der Waals surface area contributed by atoms with E-state index in [0.29, 0.717) is 17.3 Å². The van der Waals surface area contributed by atoms with Gasteiger partial charge in [0.1, 0.15) is 5.82 Å². The van der Waals surface area contributed by atoms with Crippen molar-refractivity contribution in [3.63, 3.8) is 0 Å². The lowest BCUT2D eigenvalue weighted by Gasteiger charge is -2.16. The number of aromatic nitrogens is 3. The fourth-order valence-electron chi connectivity index (χ4n) is 1.92. The topological polar surface area (TPSA) is 70.7 Å². The first kappa shape index (κ1) is 14.5. The second kappa shape index (κ2) is 6.52. The third kappa shape index (κ3) is 3.36. The molecule has 0 fully saturated rings. The molecule has 6 heteroatoms. The summed E-state index contributed by atoms with van der Waals surface area (Å²) in [5.41, 5.74) is 0.972. The van der Waals surface area contributed by atoms with Gasteiger partial charge in [-0.25, -0.2) is 4.98 Å². The van der Waals surface area contributed by atoms with Crippen LogP contribution >= 0.6 is 11.6 Å². The number of rotatable bonds is 5. The van der Waals surface area contributed by atoms with E-state index in [4.69, 9.17) is 11.6 Å². The molecular weight excluding hydrogens is 276 g/mol. The van der Waals surface area contributed by atoms with Crippen LogP contribution in [0.5, 0.6) is 0 Å². The summed E-state index contributed by atoms with van der Waals surface area (Å²) in [6.45, 7) is 3.95. The van der Waals surface area contributed by atoms with Gasteiger partial charge in [-0.2, -0.15) is 0 Å². The van der Waals surface area contributed by atoms with E-state index >= 15 is 0 Å². The van der Waals surface area contributed by atoms with Gasteiger partial charge >= 0.3 is 0 Å². The Morgan fingerprint density at radius 1 is 1.45 bits per heavy atom. The molecule has 0 bridgehead atoms. The van der Waals surface area contributed by atoms with E-state index in [0.717, 1.165) is 12.0 Å². The third-order valence-corrected chi connectivity index (χ3v) is 3.27. The van der Waals surface area contributed by atoms with Gasteiger partial charge in [0.25, 0.3) is 5.91 Å². The molecule has 0 radical (unpaired) electrons. The number of carbonyl (C=O) groups excluding carboxylic acids is 1. The average molecular weight is 293 g/mol. The summed E-state index contributed by atoms with van der Waals surface area (Å²) in [7, 11) is 0. The Balaban J connectivity index is 2.11. The van der Waals surface area contributed by atoms with Crippen molar-refractivity contribution in [1.82, 2.24) is 20.5 Å². The molecule has 2 rings (SSSR count). The highest BCUT2D eigenvalue weighted by atomic mass is 35.5. The highest BCUT2D eigenvalue weighted by Gasteiger charge is 2.17. The van der Waals surface area contributed by atoms with Crippen molar-refractivity contribution >= 4 is 17.5 Å². The van der Waals surface area contributed by atoms with Crippen LogP contribution in [0.2, 0.25) is 5.02 Å². The molecule has 1 atom stereocenters. The number of aryl methyl sites for hydroxylation is 1. The summed E-state index contributed by atoms with van der Waals surface area (Å²) >= 11 is 5.98. The van der Waals surface area contributed by atoms with Crippen LogP contribution < -0.4 is 5.32 Å². The van der Waals surface area contributed by atoms with Crippen molar-refractivity contribution in [2.24, 2.45) is 0 Å². The Kier molecular flexibility index (Phi) is 4.74. The van der Waals surface area contributed by atoms with Crippen LogP contribution in [0.1, 0.15) is 48.3 Å². The van der Waals surface area contributed by atoms with Gasteiger partial charge in [0.15, 0.2) is 0 Å². The summed E-state index contributed by atoms with van der Waals surface area (Å²) in [5.74, 6) is 0.584. The van der Waals surface area contributed by atoms with Gasteiger partial charge in [0.05, 0.1) is 6.04 Å². The van der Waals surface area contributed by atoms with E-state index in [2.05, 4.69) is 20.5 Å². The minimum atomic E-state index is -0.284. The van der Waals surface area contributed by atoms with Crippen molar-refractivity contribution < 1.29 is 4.79 Å². The normalized spacial score (nSPS) is 12.2. The van der Waals surface area contributed by atoms with Crippen molar-refractivity contribution in [1.29, 1.82) is 0 Å². The number of halogens is 1. The number of benzene rings is 1. The van der Waals surface area contributed by atoms with E-state index in [1.807, 2.05) is 38.1 Å². The number of hydrogen-bond acceptors (Lipinski definition) is 3. The Morgan fingerprint density at radius 2 is 2.25 bits per heavy atom. The SMILES string of the molecule is CCc1nc(C(=O)NC(CC)c2cccc(Cl)c2)n[nH]1. The van der Waals surface area contributed by atoms with Crippen LogP contribution in [0.3, 0.4) is 0 Å². The van der Waals surface area contributed by atoms with Gasteiger partial charge in [0, 0.05) is 11.4 Å². The molecule has 1 heterocycles. The molecule has 20 heavy (non-hydrogen) atoms. The fourth-order valence-corrected chi connectivity index (χ4v) is 2.12. The molecule has 0 spiro atoms. The lowest BCUT2D eigenvalue weighted by Crippen LogP contribution is -2.29. The molecule has 1 amide bonds. The highest BCUT2D eigenvalue weighted by molar-refractivity contribution is 6.30. The monoisotopic (exact) mass is 292 g/mol. The number of carbonyl (C=O) groups is 1. The molecule has 106 valence electrons. The van der Waals surface area contributed by atoms with E-state index < -0.39 is 0 Å². The summed E-state index contributed by atoms with van der Waals surface area (Å²) in [6, 6.07) is 7.36. The second-order valence-corrected chi connectivity index (χ2v) is 4.89. The van der Waals surface area contributed by atoms with E-state index in [1.165, 1.54) is 0 Å². The number of H-pyrrole nitrogens is 1. The first-order valence-electron chi connectivity index (χ1n) is 6.61. The highest BCUT2D eigenvalue weighted by Crippen LogP contribution is 2.20. The molecule has 0 saturated heterocycles. The average Bonchev–Trinajstić information content (AvgIpc) is 2.93. The van der Waals surface area contributed by atoms with E-state index in [1.54, 1.807) is 0 Å². The number of nitrogens with one attached hydrogen (secondary N) is 2. The van der Waals surface area contributed by atoms with Gasteiger partial charge < -0.3 is 5.32 Å². The maximum absolute atomic E-state index is 12.1. The first-order valence-corrected chi connectivity index (χ1v) is 6.99. The number of aromatic amines is 1. The largest absolute Gasteiger partial charge is 0.342 e. The lowest BCUT2D eigenvalue weighted by molar-refractivity contribution is 0.0925. The van der Waals surface area contributed by atoms with Gasteiger partial charge in [-0.1, -0.05) is 37.6 Å². The maximum Gasteiger partial charge on any atom is 0.291 e. The van der Waals surface area contributed by atoms with Crippen LogP contribution in [-0.4, -0.2) is 21.1 Å². The van der Waals surface area contributed by atoms with E-state index in [-0.39, 0.29) is 17.8 Å². The van der Waals surface area contributed by atoms with Crippen molar-refractivity contribution in [3.8, 4) is 0 Å². The summed E-state index contributed by atoms with van der Waals surface area (Å²) < 4.78 is 0. The molecule has 0 aliphatic rings. The molecule has 0 aliphatic carbocycles. The summed E-state index contributed by atoms with van der Waals surface area (Å²) in [6.07, 6.45) is 1.48. The van der Waals surface area contributed by atoms with Crippen molar-refractivity contribution in [2.45, 2.75) is 32.7 Å². The molecule has 0 saturated carbocycles. The minimum absolute atomic E-state index is 0.107. The van der Waals surface area contributed by atoms with Crippen molar-refractivity contribution in [3.05, 3.63) is 46.5 Å². The Morgan fingerprint density at radius 3 is 2.85 bits per heavy atom. The van der Waals surface area contributed by atoms with Gasteiger partial charge in [-0.05, 0) is 24.1 Å². The Hall–Kier alpha value is -1.88. The molecule has 1 unspecified atom stereocenters. The van der Waals surface area contributed by atoms with Crippen LogP contribution in [0.25, 0.3) is 0 Å². The molecule has 2 aromatic rings. The molecule has 5 nitrogen and oxygen atoms in total. The first-order chi connectivity index (χ1) is 9.63. The lowest BCUT2D eigenvalue weighted by atomic mass is 10.0. The Bertz CT molecular complexity index is 596. The summed E-state index contributed by atoms with van der Waals surface area (Å²) in [4.78, 5) is 16.2. The smallest absolute Gasteiger partial charge is 0.291 e. The van der Waals surface area contributed by atoms with E-state index in [9.17, 15) is 4.79 Å². The van der Waals surface area contributed by atoms with Gasteiger partial charge in [0.2, 0.25) is 5.82 Å². The zero-order valence-electron chi connectivity index (χ0n) is 11.5. The second-order valence-electron chi connectivity index (χ2n) is 4.45. The summed E-state index contributed by atoms with van der Waals surface area (Å²) in [5, 5.41) is 10.2. The predicted molar refractivity (Wildman–Crippen MR) is 77.7 cm³/mol. The molecular formula is C14H17ClN4O. The zero-order chi connectivity index (χ0) is 14.5. The van der Waals surface area contributed by atoms with Crippen LogP contribution in [0.4, 0.5) is 0 Å². The van der Waals surface area contributed by atoms with Crippen molar-refractivity contribution in [2.75, 3.05) is 0 Å². The number of hydrogen-bond donors (Lipinski definition) is 2. The zero-order valence-corrected chi connectivity index (χ0v) is 12.2. The minimum Gasteiger partial charge on any atom is -0.342 e. The van der Waals surface area contributed by atoms with Crippen LogP contribution in [-0.2, 0) is 6.42 Å². The molecule has 1 aromatic carbocycles. The number of amides is 1. The fraction of sp³-hybridized carbons (Fsp3) is 0.357. The van der Waals surface area contributed by atoms with Crippen LogP contribution in [0, 0.1) is 0 Å². The molecule has 2 N–H and O–H groups in total. The standard InChI is InChI=1S/C14H17ClN4O/c1-3-11(9-6-5-7-10(15)8-9)16-14(20)13-17-12(4-2)18-19-13/h5-8,11H,3-4H2,1-2H3,(H,16,20)(H,17,18,19). The molecule has 0 aliphatic heterocycles. The van der Waals surface area contributed by atoms with Gasteiger partial charge in [-0.3, -0.25) is 9.89 Å². The quantitative estimate of drug-likeness (QED) is 0.890. The van der Waals surface area contributed by atoms with Crippen LogP contribution in [0.15, 0.2) is 24.3 Å². The Labute approximate surface area is 122 Å². The predicted octanol–water partition coefficient (Wildman–Crippen LogP) is 2.90. The number of nitrogens with zero attached hydrogens (tertiary/aromatic N) is 2.